The molecule has 2 aliphatic rings. The van der Waals surface area contributed by atoms with Crippen molar-refractivity contribution >= 4 is 33.9 Å². The van der Waals surface area contributed by atoms with Crippen molar-refractivity contribution in [1.29, 1.82) is 0 Å². The van der Waals surface area contributed by atoms with Gasteiger partial charge in [-0.15, -0.1) is 11.3 Å². The summed E-state index contributed by atoms with van der Waals surface area (Å²) in [6, 6.07) is 6.51. The first-order valence-electron chi connectivity index (χ1n) is 11.3. The third-order valence-corrected chi connectivity index (χ3v) is 7.35. The van der Waals surface area contributed by atoms with Gasteiger partial charge in [0.15, 0.2) is 0 Å². The number of nitrogens with zero attached hydrogens (tertiary/aromatic N) is 2. The number of esters is 1. The summed E-state index contributed by atoms with van der Waals surface area (Å²) < 4.78 is 18.4. The van der Waals surface area contributed by atoms with Crippen molar-refractivity contribution < 1.29 is 18.7 Å². The molecule has 0 saturated carbocycles. The molecule has 1 aromatic heterocycles. The van der Waals surface area contributed by atoms with Crippen LogP contribution in [-0.2, 0) is 22.4 Å². The zero-order valence-electron chi connectivity index (χ0n) is 18.7. The third-order valence-electron chi connectivity index (χ3n) is 6.18. The smallest absolute Gasteiger partial charge is 0.341 e. The van der Waals surface area contributed by atoms with E-state index in [9.17, 15) is 14.0 Å². The summed E-state index contributed by atoms with van der Waals surface area (Å²) >= 11 is 1.52. The van der Waals surface area contributed by atoms with Gasteiger partial charge in [0, 0.05) is 36.7 Å². The van der Waals surface area contributed by atoms with Crippen LogP contribution in [0.25, 0.3) is 0 Å². The fourth-order valence-corrected chi connectivity index (χ4v) is 5.86. The number of carbonyl (C=O) groups excluding carboxylic acids is 2. The largest absolute Gasteiger partial charge is 0.462 e. The Balaban J connectivity index is 1.38. The lowest BCUT2D eigenvalue weighted by atomic mass is 9.88. The topological polar surface area (TPSA) is 61.9 Å². The van der Waals surface area contributed by atoms with Crippen LogP contribution in [-0.4, -0.2) is 56.1 Å². The molecule has 2 heterocycles. The zero-order valence-corrected chi connectivity index (χ0v) is 19.5. The maximum Gasteiger partial charge on any atom is 0.341 e. The summed E-state index contributed by atoms with van der Waals surface area (Å²) in [5, 5.41) is 3.62. The molecule has 1 saturated heterocycles. The molecule has 1 amide bonds. The van der Waals surface area contributed by atoms with Crippen molar-refractivity contribution in [3.05, 3.63) is 46.1 Å². The standard InChI is InChI=1S/C24H30FN3O3S/c1-3-31-24(30)22-19-9-4-16(2)14-20(19)32-23(22)26-21(29)15-27-10-12-28(13-11-27)18-7-5-17(25)6-8-18/h5-8,16H,3-4,9-15H2,1-2H3,(H,26,29). The number of anilines is 2. The highest BCUT2D eigenvalue weighted by molar-refractivity contribution is 7.17. The van der Waals surface area contributed by atoms with Gasteiger partial charge in [0.25, 0.3) is 0 Å². The normalized spacial score (nSPS) is 18.8. The molecule has 0 spiro atoms. The highest BCUT2D eigenvalue weighted by atomic mass is 32.1. The van der Waals surface area contributed by atoms with Gasteiger partial charge in [0.05, 0.1) is 18.7 Å². The average molecular weight is 460 g/mol. The van der Waals surface area contributed by atoms with E-state index in [1.807, 2.05) is 0 Å². The van der Waals surface area contributed by atoms with Crippen LogP contribution >= 0.6 is 11.3 Å². The molecule has 1 atom stereocenters. The van der Waals surface area contributed by atoms with Gasteiger partial charge in [0.1, 0.15) is 10.8 Å². The Labute approximate surface area is 192 Å². The number of hydrogen-bond donors (Lipinski definition) is 1. The molecule has 2 aromatic rings. The number of carbonyl (C=O) groups is 2. The predicted molar refractivity (Wildman–Crippen MR) is 125 cm³/mol. The Bertz CT molecular complexity index is 968. The monoisotopic (exact) mass is 459 g/mol. The number of hydrogen-bond acceptors (Lipinski definition) is 6. The summed E-state index contributed by atoms with van der Waals surface area (Å²) in [5.74, 6) is -0.117. The van der Waals surface area contributed by atoms with Crippen molar-refractivity contribution in [2.24, 2.45) is 5.92 Å². The summed E-state index contributed by atoms with van der Waals surface area (Å²) in [4.78, 5) is 31.0. The van der Waals surface area contributed by atoms with Crippen LogP contribution in [0.1, 0.15) is 41.1 Å². The van der Waals surface area contributed by atoms with Crippen molar-refractivity contribution in [3.8, 4) is 0 Å². The van der Waals surface area contributed by atoms with Crippen molar-refractivity contribution in [3.63, 3.8) is 0 Å². The minimum Gasteiger partial charge on any atom is -0.462 e. The molecule has 172 valence electrons. The Morgan fingerprint density at radius 3 is 2.59 bits per heavy atom. The van der Waals surface area contributed by atoms with E-state index in [1.54, 1.807) is 19.1 Å². The molecule has 1 fully saturated rings. The lowest BCUT2D eigenvalue weighted by Gasteiger charge is -2.35. The number of benzene rings is 1. The van der Waals surface area contributed by atoms with E-state index in [0.717, 1.165) is 56.7 Å². The first-order chi connectivity index (χ1) is 15.4. The van der Waals surface area contributed by atoms with Crippen molar-refractivity contribution in [2.75, 3.05) is 49.5 Å². The minimum absolute atomic E-state index is 0.113. The Hall–Kier alpha value is -2.45. The van der Waals surface area contributed by atoms with Crippen LogP contribution in [0.5, 0.6) is 0 Å². The quantitative estimate of drug-likeness (QED) is 0.663. The fraction of sp³-hybridized carbons (Fsp3) is 0.500. The van der Waals surface area contributed by atoms with E-state index in [-0.39, 0.29) is 24.2 Å². The molecule has 1 aliphatic heterocycles. The second-order valence-corrected chi connectivity index (χ2v) is 9.67. The number of piperazine rings is 1. The lowest BCUT2D eigenvalue weighted by Crippen LogP contribution is -2.48. The van der Waals surface area contributed by atoms with Crippen molar-refractivity contribution in [2.45, 2.75) is 33.1 Å². The number of nitrogens with one attached hydrogen (secondary N) is 1. The molecule has 6 nitrogen and oxygen atoms in total. The Kier molecular flexibility index (Phi) is 7.10. The molecular weight excluding hydrogens is 429 g/mol. The number of ether oxygens (including phenoxy) is 1. The van der Waals surface area contributed by atoms with E-state index < -0.39 is 0 Å². The molecule has 1 aromatic carbocycles. The second kappa shape index (κ2) is 10.0. The van der Waals surface area contributed by atoms with Crippen LogP contribution in [0.2, 0.25) is 0 Å². The van der Waals surface area contributed by atoms with Gasteiger partial charge in [0.2, 0.25) is 5.91 Å². The van der Waals surface area contributed by atoms with Gasteiger partial charge in [-0.3, -0.25) is 9.69 Å². The maximum absolute atomic E-state index is 13.2. The van der Waals surface area contributed by atoms with E-state index in [2.05, 4.69) is 22.0 Å². The second-order valence-electron chi connectivity index (χ2n) is 8.56. The Morgan fingerprint density at radius 1 is 1.19 bits per heavy atom. The summed E-state index contributed by atoms with van der Waals surface area (Å²) in [6.45, 7) is 7.64. The number of halogens is 1. The highest BCUT2D eigenvalue weighted by Gasteiger charge is 2.29. The molecule has 1 N–H and O–H groups in total. The Morgan fingerprint density at radius 2 is 1.91 bits per heavy atom. The van der Waals surface area contributed by atoms with Gasteiger partial charge in [-0.1, -0.05) is 6.92 Å². The maximum atomic E-state index is 13.2. The van der Waals surface area contributed by atoms with Gasteiger partial charge < -0.3 is 15.0 Å². The number of thiophene rings is 1. The number of fused-ring (bicyclic) bond motifs is 1. The van der Waals surface area contributed by atoms with Gasteiger partial charge in [-0.2, -0.15) is 0 Å². The summed E-state index contributed by atoms with van der Waals surface area (Å²) in [7, 11) is 0. The third kappa shape index (κ3) is 5.13. The first-order valence-corrected chi connectivity index (χ1v) is 12.1. The van der Waals surface area contributed by atoms with E-state index in [0.29, 0.717) is 23.1 Å². The molecule has 0 radical (unpaired) electrons. The predicted octanol–water partition coefficient (Wildman–Crippen LogP) is 3.95. The van der Waals surface area contributed by atoms with Gasteiger partial charge in [-0.25, -0.2) is 9.18 Å². The van der Waals surface area contributed by atoms with Crippen LogP contribution in [0.3, 0.4) is 0 Å². The zero-order chi connectivity index (χ0) is 22.7. The highest BCUT2D eigenvalue weighted by Crippen LogP contribution is 2.40. The van der Waals surface area contributed by atoms with E-state index >= 15 is 0 Å². The van der Waals surface area contributed by atoms with Crippen LogP contribution in [0.4, 0.5) is 15.1 Å². The lowest BCUT2D eigenvalue weighted by molar-refractivity contribution is -0.117. The minimum atomic E-state index is -0.345. The first kappa shape index (κ1) is 22.7. The molecule has 4 rings (SSSR count). The summed E-state index contributed by atoms with van der Waals surface area (Å²) in [6.07, 6.45) is 2.83. The fourth-order valence-electron chi connectivity index (χ4n) is 4.44. The van der Waals surface area contributed by atoms with E-state index in [4.69, 9.17) is 4.74 Å². The number of rotatable bonds is 6. The van der Waals surface area contributed by atoms with Crippen molar-refractivity contribution in [1.82, 2.24) is 4.90 Å². The van der Waals surface area contributed by atoms with Gasteiger partial charge in [-0.05, 0) is 61.9 Å². The van der Waals surface area contributed by atoms with Crippen LogP contribution in [0.15, 0.2) is 24.3 Å². The molecule has 8 heteroatoms. The van der Waals surface area contributed by atoms with Gasteiger partial charge >= 0.3 is 5.97 Å². The SMILES string of the molecule is CCOC(=O)c1c(NC(=O)CN2CCN(c3ccc(F)cc3)CC2)sc2c1CCC(C)C2. The molecule has 1 aliphatic carbocycles. The molecular formula is C24H30FN3O3S. The van der Waals surface area contributed by atoms with Crippen LogP contribution < -0.4 is 10.2 Å². The molecule has 32 heavy (non-hydrogen) atoms. The van der Waals surface area contributed by atoms with Crippen LogP contribution in [0, 0.1) is 11.7 Å². The molecule has 1 unspecified atom stereocenters. The molecule has 0 bridgehead atoms. The average Bonchev–Trinajstić information content (AvgIpc) is 3.11. The summed E-state index contributed by atoms with van der Waals surface area (Å²) in [5.41, 5.74) is 2.59. The number of amides is 1. The van der Waals surface area contributed by atoms with E-state index in [1.165, 1.54) is 28.3 Å².